The van der Waals surface area contributed by atoms with E-state index in [-0.39, 0.29) is 16.5 Å². The van der Waals surface area contributed by atoms with E-state index in [1.807, 2.05) is 18.2 Å². The Hall–Kier alpha value is -2.91. The molecule has 1 aliphatic carbocycles. The molecule has 1 amide bonds. The van der Waals surface area contributed by atoms with Crippen molar-refractivity contribution < 1.29 is 18.8 Å². The summed E-state index contributed by atoms with van der Waals surface area (Å²) in [6.07, 6.45) is 4.42. The molecule has 2 aliphatic rings. The highest BCUT2D eigenvalue weighted by Crippen LogP contribution is 2.38. The third-order valence-electron chi connectivity index (χ3n) is 5.53. The average Bonchev–Trinajstić information content (AvgIpc) is 2.80. The van der Waals surface area contributed by atoms with E-state index in [0.717, 1.165) is 0 Å². The zero-order valence-electron chi connectivity index (χ0n) is 17.9. The highest BCUT2D eigenvalue weighted by atomic mass is 35.5. The van der Waals surface area contributed by atoms with Gasteiger partial charge in [0.15, 0.2) is 5.82 Å². The van der Waals surface area contributed by atoms with Gasteiger partial charge in [-0.2, -0.15) is 0 Å². The summed E-state index contributed by atoms with van der Waals surface area (Å²) in [4.78, 5) is 26.9. The van der Waals surface area contributed by atoms with E-state index in [0.29, 0.717) is 54.9 Å². The fourth-order valence-corrected chi connectivity index (χ4v) is 4.02. The molecule has 0 spiro atoms. The number of halogens is 2. The largest absolute Gasteiger partial charge is 0.494 e. The minimum absolute atomic E-state index is 0.139. The number of amides is 1. The molecule has 0 fully saturated rings. The molecule has 2 bridgehead atoms. The summed E-state index contributed by atoms with van der Waals surface area (Å²) in [5.74, 6) is 0.405. The summed E-state index contributed by atoms with van der Waals surface area (Å²) >= 11 is 6.15. The van der Waals surface area contributed by atoms with Gasteiger partial charge in [-0.25, -0.2) is 19.4 Å². The number of hydrogen-bond acceptors (Lipinski definition) is 7. The first-order valence-corrected chi connectivity index (χ1v) is 10.9. The lowest BCUT2D eigenvalue weighted by atomic mass is 9.94. The number of hydroxylamine groups is 1. The Kier molecular flexibility index (Phi) is 6.76. The van der Waals surface area contributed by atoms with Crippen LogP contribution in [0.2, 0.25) is 0 Å². The lowest BCUT2D eigenvalue weighted by Gasteiger charge is -2.34. The van der Waals surface area contributed by atoms with Crippen LogP contribution in [0.5, 0.6) is 5.75 Å². The van der Waals surface area contributed by atoms with Gasteiger partial charge >= 0.3 is 0 Å². The number of hydrogen-bond donors (Lipinski definition) is 2. The quantitative estimate of drug-likeness (QED) is 0.673. The molecule has 0 saturated heterocycles. The fourth-order valence-electron chi connectivity index (χ4n) is 3.80. The first-order chi connectivity index (χ1) is 15.5. The number of rotatable bonds is 1. The normalized spacial score (nSPS) is 24.3. The topological polar surface area (TPSA) is 88.6 Å². The second-order valence-electron chi connectivity index (χ2n) is 7.64. The summed E-state index contributed by atoms with van der Waals surface area (Å²) in [5.41, 5.74) is 0.994. The van der Waals surface area contributed by atoms with E-state index in [9.17, 15) is 4.79 Å². The fraction of sp³-hybridized carbons (Fsp3) is 0.409. The van der Waals surface area contributed by atoms with Crippen LogP contribution in [-0.4, -0.2) is 48.2 Å². The van der Waals surface area contributed by atoms with E-state index < -0.39 is 17.9 Å². The third-order valence-corrected chi connectivity index (χ3v) is 5.89. The van der Waals surface area contributed by atoms with Crippen molar-refractivity contribution in [1.82, 2.24) is 20.6 Å². The molecule has 1 aromatic heterocycles. The molecule has 2 unspecified atom stereocenters. The molecule has 10 heteroatoms. The standard InChI is InChI=1S/C22H25ClFN5O3/c1-13-22(30)25-8-3-9-32-14-4-6-18-15(10-14)21(28-12-27-18)29(31-2)19-7-5-17(23)20(24)16(19)11-26-13/h4,6,10-13,19,26H,3,5,7-9H2,1-2H3,(H,25,30)/b16-11-. The van der Waals surface area contributed by atoms with Crippen molar-refractivity contribution in [3.63, 3.8) is 0 Å². The number of fused-ring (bicyclic) bond motifs is 2. The predicted molar refractivity (Wildman–Crippen MR) is 120 cm³/mol. The second kappa shape index (κ2) is 9.70. The SMILES string of the molecule is CON1c2ncnc3ccc(cc23)OCCCNC(=O)C(C)N/C=C2\C(F)=C(Cl)CCC21. The number of carbonyl (C=O) groups excluding carboxylic acids is 1. The minimum Gasteiger partial charge on any atom is -0.494 e. The molecule has 170 valence electrons. The van der Waals surface area contributed by atoms with Crippen molar-refractivity contribution >= 4 is 34.2 Å². The van der Waals surface area contributed by atoms with E-state index >= 15 is 4.39 Å². The number of ether oxygens (including phenoxy) is 1. The van der Waals surface area contributed by atoms with Crippen LogP contribution in [0.1, 0.15) is 26.2 Å². The lowest BCUT2D eigenvalue weighted by Crippen LogP contribution is -2.42. The molecule has 32 heavy (non-hydrogen) atoms. The van der Waals surface area contributed by atoms with Crippen molar-refractivity contribution in [3.8, 4) is 5.75 Å². The van der Waals surface area contributed by atoms with Crippen molar-refractivity contribution in [1.29, 1.82) is 0 Å². The predicted octanol–water partition coefficient (Wildman–Crippen LogP) is 3.34. The molecule has 2 aromatic rings. The first-order valence-electron chi connectivity index (χ1n) is 10.5. The summed E-state index contributed by atoms with van der Waals surface area (Å²) in [5, 5.41) is 8.25. The van der Waals surface area contributed by atoms with Crippen molar-refractivity contribution in [3.05, 3.63) is 47.2 Å². The maximum Gasteiger partial charge on any atom is 0.242 e. The molecule has 2 heterocycles. The summed E-state index contributed by atoms with van der Waals surface area (Å²) in [6.45, 7) is 2.61. The zero-order chi connectivity index (χ0) is 22.7. The molecule has 8 nitrogen and oxygen atoms in total. The van der Waals surface area contributed by atoms with E-state index in [1.165, 1.54) is 19.6 Å². The first kappa shape index (κ1) is 22.3. The highest BCUT2D eigenvalue weighted by molar-refractivity contribution is 6.30. The zero-order valence-corrected chi connectivity index (χ0v) is 18.7. The monoisotopic (exact) mass is 461 g/mol. The van der Waals surface area contributed by atoms with E-state index in [1.54, 1.807) is 12.0 Å². The smallest absolute Gasteiger partial charge is 0.242 e. The maximum atomic E-state index is 15.1. The average molecular weight is 462 g/mol. The van der Waals surface area contributed by atoms with Gasteiger partial charge in [0.25, 0.3) is 0 Å². The van der Waals surface area contributed by atoms with Crippen LogP contribution in [0.4, 0.5) is 10.2 Å². The van der Waals surface area contributed by atoms with Crippen LogP contribution in [0, 0.1) is 0 Å². The Morgan fingerprint density at radius 2 is 2.19 bits per heavy atom. The summed E-state index contributed by atoms with van der Waals surface area (Å²) in [7, 11) is 1.51. The number of aromatic nitrogens is 2. The molecule has 4 rings (SSSR count). The van der Waals surface area contributed by atoms with Crippen LogP contribution in [0.15, 0.2) is 47.2 Å². The molecule has 2 N–H and O–H groups in total. The van der Waals surface area contributed by atoms with Gasteiger partial charge in [0.05, 0.1) is 30.3 Å². The van der Waals surface area contributed by atoms with Crippen LogP contribution in [-0.2, 0) is 9.63 Å². The van der Waals surface area contributed by atoms with Gasteiger partial charge in [0.1, 0.15) is 23.9 Å². The maximum absolute atomic E-state index is 15.1. The molecule has 1 aliphatic heterocycles. The Bertz CT molecular complexity index is 1080. The number of nitrogens with zero attached hydrogens (tertiary/aromatic N) is 3. The number of benzene rings is 1. The number of allylic oxidation sites excluding steroid dienone is 1. The molecular formula is C22H25ClFN5O3. The van der Waals surface area contributed by atoms with Crippen molar-refractivity contribution in [2.45, 2.75) is 38.3 Å². The Morgan fingerprint density at radius 1 is 1.34 bits per heavy atom. The van der Waals surface area contributed by atoms with Gasteiger partial charge in [-0.3, -0.25) is 9.63 Å². The number of nitrogens with one attached hydrogen (secondary N) is 2. The van der Waals surface area contributed by atoms with Crippen LogP contribution in [0.25, 0.3) is 10.9 Å². The van der Waals surface area contributed by atoms with Gasteiger partial charge in [0, 0.05) is 23.7 Å². The van der Waals surface area contributed by atoms with Crippen LogP contribution in [0.3, 0.4) is 0 Å². The van der Waals surface area contributed by atoms with Crippen LogP contribution >= 0.6 is 11.6 Å². The van der Waals surface area contributed by atoms with Gasteiger partial charge in [0.2, 0.25) is 5.91 Å². The molecule has 0 saturated carbocycles. The Morgan fingerprint density at radius 3 is 3.00 bits per heavy atom. The van der Waals surface area contributed by atoms with Crippen molar-refractivity contribution in [2.75, 3.05) is 25.3 Å². The highest BCUT2D eigenvalue weighted by Gasteiger charge is 2.33. The lowest BCUT2D eigenvalue weighted by molar-refractivity contribution is -0.122. The Labute approximate surface area is 190 Å². The van der Waals surface area contributed by atoms with Gasteiger partial charge in [-0.1, -0.05) is 11.6 Å². The molecule has 2 atom stereocenters. The Balaban J connectivity index is 1.83. The van der Waals surface area contributed by atoms with Crippen molar-refractivity contribution in [2.24, 2.45) is 0 Å². The molecule has 0 radical (unpaired) electrons. The minimum atomic E-state index is -0.569. The van der Waals surface area contributed by atoms with E-state index in [2.05, 4.69) is 20.6 Å². The van der Waals surface area contributed by atoms with Crippen LogP contribution < -0.4 is 20.4 Å². The van der Waals surface area contributed by atoms with Gasteiger partial charge in [-0.05, 0) is 44.4 Å². The third kappa shape index (κ3) is 4.49. The molecule has 1 aromatic carbocycles. The molecular weight excluding hydrogens is 437 g/mol. The second-order valence-corrected chi connectivity index (χ2v) is 8.10. The summed E-state index contributed by atoms with van der Waals surface area (Å²) in [6, 6.07) is 4.42. The summed E-state index contributed by atoms with van der Waals surface area (Å²) < 4.78 is 21.0. The van der Waals surface area contributed by atoms with E-state index in [4.69, 9.17) is 21.2 Å². The number of carbonyl (C=O) groups is 1. The van der Waals surface area contributed by atoms with Gasteiger partial charge < -0.3 is 15.4 Å². The van der Waals surface area contributed by atoms with Gasteiger partial charge in [-0.15, -0.1) is 0 Å². The number of anilines is 1.